The number of carbonyl (C=O) groups excluding carboxylic acids is 1. The van der Waals surface area contributed by atoms with Crippen molar-refractivity contribution in [1.82, 2.24) is 10.2 Å². The normalized spacial score (nSPS) is 13.8. The summed E-state index contributed by atoms with van der Waals surface area (Å²) in [6.07, 6.45) is 0. The number of hydrogen-bond donors (Lipinski definition) is 2. The zero-order valence-corrected chi connectivity index (χ0v) is 16.9. The Morgan fingerprint density at radius 1 is 0.926 bits per heavy atom. The van der Waals surface area contributed by atoms with Gasteiger partial charge in [0.1, 0.15) is 0 Å². The van der Waals surface area contributed by atoms with Crippen LogP contribution >= 0.6 is 24.8 Å². The molecule has 3 rings (SSSR count). The van der Waals surface area contributed by atoms with Gasteiger partial charge in [0, 0.05) is 31.9 Å². The van der Waals surface area contributed by atoms with Crippen molar-refractivity contribution >= 4 is 36.4 Å². The number of nitrogens with zero attached hydrogens (tertiary/aromatic N) is 1. The summed E-state index contributed by atoms with van der Waals surface area (Å²) in [5.41, 5.74) is 3.35. The van der Waals surface area contributed by atoms with Gasteiger partial charge in [-0.2, -0.15) is 0 Å². The molecule has 27 heavy (non-hydrogen) atoms. The molecule has 1 heterocycles. The number of rotatable bonds is 7. The van der Waals surface area contributed by atoms with Gasteiger partial charge < -0.3 is 15.4 Å². The number of amides is 1. The minimum atomic E-state index is -0.0127. The fraction of sp³-hybridized carbons (Fsp3) is 0.350. The molecule has 0 radical (unpaired) electrons. The minimum absolute atomic E-state index is 0. The number of anilines is 1. The number of hydrogen-bond acceptors (Lipinski definition) is 4. The van der Waals surface area contributed by atoms with Gasteiger partial charge in [-0.1, -0.05) is 42.5 Å². The molecular weight excluding hydrogens is 385 g/mol. The topological polar surface area (TPSA) is 53.6 Å². The van der Waals surface area contributed by atoms with Crippen molar-refractivity contribution in [3.63, 3.8) is 0 Å². The van der Waals surface area contributed by atoms with Crippen molar-refractivity contribution in [1.29, 1.82) is 0 Å². The van der Waals surface area contributed by atoms with Gasteiger partial charge in [0.15, 0.2) is 0 Å². The van der Waals surface area contributed by atoms with E-state index in [4.69, 9.17) is 4.74 Å². The van der Waals surface area contributed by atoms with Gasteiger partial charge in [-0.15, -0.1) is 24.8 Å². The second-order valence-corrected chi connectivity index (χ2v) is 6.20. The molecule has 2 aromatic carbocycles. The van der Waals surface area contributed by atoms with Crippen LogP contribution in [0.3, 0.4) is 0 Å². The first-order chi connectivity index (χ1) is 12.3. The van der Waals surface area contributed by atoms with Crippen LogP contribution in [0.15, 0.2) is 54.6 Å². The van der Waals surface area contributed by atoms with Crippen LogP contribution in [0.2, 0.25) is 0 Å². The molecule has 0 spiro atoms. The van der Waals surface area contributed by atoms with Gasteiger partial charge in [0.2, 0.25) is 5.91 Å². The second kappa shape index (κ2) is 12.6. The van der Waals surface area contributed by atoms with Crippen LogP contribution < -0.4 is 10.6 Å². The first-order valence-electron chi connectivity index (χ1n) is 8.73. The number of ether oxygens (including phenoxy) is 1. The van der Waals surface area contributed by atoms with Crippen molar-refractivity contribution in [3.8, 4) is 0 Å². The maximum Gasteiger partial charge on any atom is 0.239 e. The van der Waals surface area contributed by atoms with E-state index in [9.17, 15) is 4.79 Å². The molecule has 0 aromatic heterocycles. The number of benzene rings is 2. The average Bonchev–Trinajstić information content (AvgIpc) is 2.67. The molecule has 1 aliphatic heterocycles. The van der Waals surface area contributed by atoms with E-state index < -0.39 is 0 Å². The fourth-order valence-electron chi connectivity index (χ4n) is 2.78. The van der Waals surface area contributed by atoms with E-state index in [2.05, 4.69) is 39.8 Å². The predicted molar refractivity (Wildman–Crippen MR) is 114 cm³/mol. The standard InChI is InChI=1S/C20H25N3O2.2ClH/c24-20(15-21-19-4-2-1-3-5-19)22-14-17-6-8-18(9-7-17)16-23-10-12-25-13-11-23;;/h1-9,21H,10-16H2,(H,22,24);2*1H. The van der Waals surface area contributed by atoms with Crippen LogP contribution in [0.5, 0.6) is 0 Å². The maximum atomic E-state index is 11.9. The second-order valence-electron chi connectivity index (χ2n) is 6.20. The molecule has 1 saturated heterocycles. The van der Waals surface area contributed by atoms with E-state index in [-0.39, 0.29) is 37.3 Å². The van der Waals surface area contributed by atoms with E-state index in [0.717, 1.165) is 44.1 Å². The molecule has 1 aliphatic rings. The highest BCUT2D eigenvalue weighted by atomic mass is 35.5. The third kappa shape index (κ3) is 8.18. The zero-order chi connectivity index (χ0) is 17.3. The highest BCUT2D eigenvalue weighted by Gasteiger charge is 2.10. The Labute approximate surface area is 173 Å². The Balaban J connectivity index is 0.00000182. The molecule has 7 heteroatoms. The molecule has 2 N–H and O–H groups in total. The van der Waals surface area contributed by atoms with Crippen LogP contribution in [0.4, 0.5) is 5.69 Å². The average molecular weight is 412 g/mol. The Bertz CT molecular complexity index is 663. The zero-order valence-electron chi connectivity index (χ0n) is 15.2. The summed E-state index contributed by atoms with van der Waals surface area (Å²) in [5, 5.41) is 6.05. The number of nitrogens with one attached hydrogen (secondary N) is 2. The summed E-state index contributed by atoms with van der Waals surface area (Å²) in [7, 11) is 0. The Morgan fingerprint density at radius 3 is 2.22 bits per heavy atom. The summed E-state index contributed by atoms with van der Waals surface area (Å²) in [6.45, 7) is 5.41. The molecule has 0 atom stereocenters. The first-order valence-corrected chi connectivity index (χ1v) is 8.73. The lowest BCUT2D eigenvalue weighted by atomic mass is 10.1. The smallest absolute Gasteiger partial charge is 0.239 e. The first kappa shape index (κ1) is 23.2. The van der Waals surface area contributed by atoms with Crippen molar-refractivity contribution in [2.75, 3.05) is 38.2 Å². The quantitative estimate of drug-likeness (QED) is 0.734. The van der Waals surface area contributed by atoms with Gasteiger partial charge in [-0.25, -0.2) is 0 Å². The fourth-order valence-corrected chi connectivity index (χ4v) is 2.78. The molecule has 0 aliphatic carbocycles. The van der Waals surface area contributed by atoms with Crippen LogP contribution in [0.1, 0.15) is 11.1 Å². The summed E-state index contributed by atoms with van der Waals surface area (Å²) in [6, 6.07) is 18.2. The van der Waals surface area contributed by atoms with Crippen LogP contribution in [-0.4, -0.2) is 43.7 Å². The Hall–Kier alpha value is -1.79. The molecule has 0 bridgehead atoms. The summed E-state index contributed by atoms with van der Waals surface area (Å²) < 4.78 is 5.37. The lowest BCUT2D eigenvalue weighted by Crippen LogP contribution is -2.35. The van der Waals surface area contributed by atoms with Gasteiger partial charge in [-0.3, -0.25) is 9.69 Å². The van der Waals surface area contributed by atoms with Gasteiger partial charge in [-0.05, 0) is 23.3 Å². The number of morpholine rings is 1. The molecule has 1 fully saturated rings. The number of carbonyl (C=O) groups is 1. The molecule has 0 unspecified atom stereocenters. The van der Waals surface area contributed by atoms with E-state index in [1.54, 1.807) is 0 Å². The lowest BCUT2D eigenvalue weighted by Gasteiger charge is -2.26. The van der Waals surface area contributed by atoms with E-state index in [1.165, 1.54) is 5.56 Å². The SMILES string of the molecule is Cl.Cl.O=C(CNc1ccccc1)NCc1ccc(CN2CCOCC2)cc1. The molecule has 1 amide bonds. The van der Waals surface area contributed by atoms with Crippen LogP contribution in [0.25, 0.3) is 0 Å². The number of para-hydroxylation sites is 1. The van der Waals surface area contributed by atoms with Gasteiger partial charge in [0.05, 0.1) is 19.8 Å². The predicted octanol–water partition coefficient (Wildman–Crippen LogP) is 3.09. The van der Waals surface area contributed by atoms with Crippen LogP contribution in [0, 0.1) is 0 Å². The van der Waals surface area contributed by atoms with Crippen molar-refractivity contribution in [2.24, 2.45) is 0 Å². The van der Waals surface area contributed by atoms with Gasteiger partial charge >= 0.3 is 0 Å². The Morgan fingerprint density at radius 2 is 1.56 bits per heavy atom. The number of halogens is 2. The summed E-state index contributed by atoms with van der Waals surface area (Å²) in [5.74, 6) is -0.0127. The Kier molecular flexibility index (Phi) is 10.8. The molecule has 5 nitrogen and oxygen atoms in total. The molecular formula is C20H27Cl2N3O2. The summed E-state index contributed by atoms with van der Waals surface area (Å²) >= 11 is 0. The monoisotopic (exact) mass is 411 g/mol. The van der Waals surface area contributed by atoms with E-state index in [1.807, 2.05) is 30.3 Å². The van der Waals surface area contributed by atoms with Crippen molar-refractivity contribution in [3.05, 3.63) is 65.7 Å². The van der Waals surface area contributed by atoms with E-state index >= 15 is 0 Å². The lowest BCUT2D eigenvalue weighted by molar-refractivity contribution is -0.119. The third-order valence-corrected chi connectivity index (χ3v) is 4.25. The molecule has 148 valence electrons. The molecule has 2 aromatic rings. The largest absolute Gasteiger partial charge is 0.379 e. The molecule has 0 saturated carbocycles. The van der Waals surface area contributed by atoms with Crippen molar-refractivity contribution < 1.29 is 9.53 Å². The highest BCUT2D eigenvalue weighted by molar-refractivity contribution is 5.85. The van der Waals surface area contributed by atoms with Crippen LogP contribution in [-0.2, 0) is 22.6 Å². The maximum absolute atomic E-state index is 11.9. The minimum Gasteiger partial charge on any atom is -0.379 e. The van der Waals surface area contributed by atoms with Gasteiger partial charge in [0.25, 0.3) is 0 Å². The third-order valence-electron chi connectivity index (χ3n) is 4.25. The van der Waals surface area contributed by atoms with Crippen molar-refractivity contribution in [2.45, 2.75) is 13.1 Å². The van der Waals surface area contributed by atoms with E-state index in [0.29, 0.717) is 6.54 Å². The summed E-state index contributed by atoms with van der Waals surface area (Å²) in [4.78, 5) is 14.3. The highest BCUT2D eigenvalue weighted by Crippen LogP contribution is 2.09.